The van der Waals surface area contributed by atoms with E-state index in [1.54, 1.807) is 24.4 Å². The van der Waals surface area contributed by atoms with Gasteiger partial charge in [0.1, 0.15) is 5.75 Å². The number of ether oxygens (including phenoxy) is 1. The molecular weight excluding hydrogens is 323 g/mol. The average Bonchev–Trinajstić information content (AvgIpc) is 2.48. The van der Waals surface area contributed by atoms with E-state index in [1.165, 1.54) is 5.57 Å². The Morgan fingerprint density at radius 3 is 3.00 bits per heavy atom. The predicted octanol–water partition coefficient (Wildman–Crippen LogP) is 4.22. The van der Waals surface area contributed by atoms with Crippen LogP contribution in [0.1, 0.15) is 26.2 Å². The van der Waals surface area contributed by atoms with E-state index in [2.05, 4.69) is 23.5 Å². The van der Waals surface area contributed by atoms with Crippen LogP contribution in [0.25, 0.3) is 0 Å². The number of hydrogen-bond donors (Lipinski definition) is 1. The highest BCUT2D eigenvalue weighted by atomic mass is 35.5. The van der Waals surface area contributed by atoms with Crippen LogP contribution >= 0.6 is 23.2 Å². The van der Waals surface area contributed by atoms with Crippen LogP contribution in [0, 0.1) is 5.92 Å². The predicted molar refractivity (Wildman–Crippen MR) is 89.7 cm³/mol. The van der Waals surface area contributed by atoms with Crippen molar-refractivity contribution in [2.45, 2.75) is 26.2 Å². The van der Waals surface area contributed by atoms with Crippen molar-refractivity contribution in [3.05, 3.63) is 39.9 Å². The molecule has 0 saturated heterocycles. The lowest BCUT2D eigenvalue weighted by molar-refractivity contribution is -0.123. The molecule has 1 aliphatic rings. The molecule has 1 N–H and O–H groups in total. The van der Waals surface area contributed by atoms with Gasteiger partial charge < -0.3 is 4.74 Å². The van der Waals surface area contributed by atoms with E-state index in [0.29, 0.717) is 21.7 Å². The summed E-state index contributed by atoms with van der Waals surface area (Å²) in [6.07, 6.45) is 7.13. The second-order valence-corrected chi connectivity index (χ2v) is 6.11. The van der Waals surface area contributed by atoms with E-state index in [1.807, 2.05) is 0 Å². The molecule has 0 heterocycles. The number of carbonyl (C=O) groups is 1. The summed E-state index contributed by atoms with van der Waals surface area (Å²) in [6.45, 7) is 1.98. The van der Waals surface area contributed by atoms with Crippen LogP contribution in [0.3, 0.4) is 0 Å². The first kappa shape index (κ1) is 16.8. The summed E-state index contributed by atoms with van der Waals surface area (Å²) in [5, 5.41) is 4.87. The topological polar surface area (TPSA) is 50.7 Å². The lowest BCUT2D eigenvalue weighted by Crippen LogP contribution is -2.25. The zero-order chi connectivity index (χ0) is 15.9. The van der Waals surface area contributed by atoms with Gasteiger partial charge in [0.2, 0.25) is 0 Å². The van der Waals surface area contributed by atoms with Gasteiger partial charge in [0, 0.05) is 11.2 Å². The highest BCUT2D eigenvalue weighted by Gasteiger charge is 2.10. The Morgan fingerprint density at radius 2 is 2.32 bits per heavy atom. The van der Waals surface area contributed by atoms with Crippen molar-refractivity contribution in [2.75, 3.05) is 6.61 Å². The minimum atomic E-state index is -0.329. The maximum absolute atomic E-state index is 11.7. The minimum absolute atomic E-state index is 0.150. The normalized spacial score (nSPS) is 18.1. The summed E-state index contributed by atoms with van der Waals surface area (Å²) in [7, 11) is 0. The molecule has 1 amide bonds. The third-order valence-electron chi connectivity index (χ3n) is 3.41. The van der Waals surface area contributed by atoms with Crippen LogP contribution in [-0.2, 0) is 4.79 Å². The molecule has 6 heteroatoms. The van der Waals surface area contributed by atoms with Crippen LogP contribution in [-0.4, -0.2) is 18.7 Å². The monoisotopic (exact) mass is 340 g/mol. The second-order valence-electron chi connectivity index (χ2n) is 5.26. The Balaban J connectivity index is 1.74. The molecule has 1 aliphatic carbocycles. The quantitative estimate of drug-likeness (QED) is 0.495. The zero-order valence-corrected chi connectivity index (χ0v) is 13.8. The first-order valence-corrected chi connectivity index (χ1v) is 7.85. The molecule has 0 saturated carbocycles. The Hall–Kier alpha value is -1.52. The first-order valence-electron chi connectivity index (χ1n) is 7.10. The van der Waals surface area contributed by atoms with Crippen molar-refractivity contribution >= 4 is 35.3 Å². The van der Waals surface area contributed by atoms with E-state index in [-0.39, 0.29) is 12.5 Å². The van der Waals surface area contributed by atoms with Gasteiger partial charge in [-0.3, -0.25) is 4.79 Å². The van der Waals surface area contributed by atoms with E-state index < -0.39 is 0 Å². The van der Waals surface area contributed by atoms with Crippen LogP contribution < -0.4 is 10.2 Å². The van der Waals surface area contributed by atoms with Gasteiger partial charge in [-0.25, -0.2) is 5.43 Å². The molecule has 22 heavy (non-hydrogen) atoms. The van der Waals surface area contributed by atoms with Gasteiger partial charge in [-0.05, 0) is 50.3 Å². The number of halogens is 2. The average molecular weight is 341 g/mol. The van der Waals surface area contributed by atoms with Gasteiger partial charge in [-0.15, -0.1) is 0 Å². The zero-order valence-electron chi connectivity index (χ0n) is 12.3. The molecule has 4 nitrogen and oxygen atoms in total. The van der Waals surface area contributed by atoms with Crippen molar-refractivity contribution in [1.29, 1.82) is 0 Å². The van der Waals surface area contributed by atoms with E-state index in [9.17, 15) is 4.79 Å². The molecule has 0 aliphatic heterocycles. The summed E-state index contributed by atoms with van der Waals surface area (Å²) in [5.41, 5.74) is 3.88. The van der Waals surface area contributed by atoms with Gasteiger partial charge in [-0.1, -0.05) is 34.9 Å². The van der Waals surface area contributed by atoms with Gasteiger partial charge in [0.15, 0.2) is 6.61 Å². The van der Waals surface area contributed by atoms with Crippen molar-refractivity contribution in [3.63, 3.8) is 0 Å². The lowest BCUT2D eigenvalue weighted by Gasteiger charge is -2.15. The van der Waals surface area contributed by atoms with Crippen molar-refractivity contribution < 1.29 is 9.53 Å². The third-order valence-corrected chi connectivity index (χ3v) is 3.94. The largest absolute Gasteiger partial charge is 0.482 e. The number of hydrogen-bond acceptors (Lipinski definition) is 3. The number of nitrogens with zero attached hydrogens (tertiary/aromatic N) is 1. The first-order chi connectivity index (χ1) is 10.5. The maximum atomic E-state index is 11.7. The Labute approximate surface area is 140 Å². The summed E-state index contributed by atoms with van der Waals surface area (Å²) >= 11 is 11.7. The number of carbonyl (C=O) groups excluding carboxylic acids is 1. The third kappa shape index (κ3) is 5.35. The summed E-state index contributed by atoms with van der Waals surface area (Å²) < 4.78 is 5.32. The molecule has 2 rings (SSSR count). The SMILES string of the molecule is CC1=CC[C@@H](/C=N\NC(=O)COc2ccc(Cl)cc2Cl)CC1. The fourth-order valence-electron chi connectivity index (χ4n) is 2.10. The van der Waals surface area contributed by atoms with Crippen molar-refractivity contribution in [1.82, 2.24) is 5.43 Å². The summed E-state index contributed by atoms with van der Waals surface area (Å²) in [4.78, 5) is 11.7. The number of nitrogens with one attached hydrogen (secondary N) is 1. The van der Waals surface area contributed by atoms with Gasteiger partial charge in [0.05, 0.1) is 5.02 Å². The van der Waals surface area contributed by atoms with Gasteiger partial charge in [-0.2, -0.15) is 5.10 Å². The molecule has 0 spiro atoms. The molecule has 0 fully saturated rings. The van der Waals surface area contributed by atoms with E-state index in [0.717, 1.165) is 19.3 Å². The lowest BCUT2D eigenvalue weighted by atomic mass is 9.91. The van der Waals surface area contributed by atoms with Crippen molar-refractivity contribution in [2.24, 2.45) is 11.0 Å². The molecule has 0 unspecified atom stereocenters. The number of benzene rings is 1. The van der Waals surface area contributed by atoms with Crippen LogP contribution in [0.4, 0.5) is 0 Å². The standard InChI is InChI=1S/C16H18Cl2N2O2/c1-11-2-4-12(5-3-11)9-19-20-16(21)10-22-15-7-6-13(17)8-14(15)18/h2,6-9,12H,3-5,10H2,1H3,(H,20,21)/b19-9-/t12-/m1/s1. The maximum Gasteiger partial charge on any atom is 0.277 e. The molecular formula is C16H18Cl2N2O2. The highest BCUT2D eigenvalue weighted by Crippen LogP contribution is 2.27. The summed E-state index contributed by atoms with van der Waals surface area (Å²) in [5.74, 6) is 0.471. The minimum Gasteiger partial charge on any atom is -0.482 e. The molecule has 0 bridgehead atoms. The Kier molecular flexibility index (Phi) is 6.28. The molecule has 0 radical (unpaired) electrons. The Morgan fingerprint density at radius 1 is 1.50 bits per heavy atom. The van der Waals surface area contributed by atoms with Crippen LogP contribution in [0.5, 0.6) is 5.75 Å². The number of hydrazone groups is 1. The van der Waals surface area contributed by atoms with E-state index in [4.69, 9.17) is 27.9 Å². The molecule has 118 valence electrons. The van der Waals surface area contributed by atoms with Crippen molar-refractivity contribution in [3.8, 4) is 5.75 Å². The molecule has 0 aromatic heterocycles. The van der Waals surface area contributed by atoms with Crippen LogP contribution in [0.2, 0.25) is 10.0 Å². The fourth-order valence-corrected chi connectivity index (χ4v) is 2.57. The molecule has 1 aromatic carbocycles. The number of allylic oxidation sites excluding steroid dienone is 2. The van der Waals surface area contributed by atoms with Gasteiger partial charge in [0.25, 0.3) is 5.91 Å². The summed E-state index contributed by atoms with van der Waals surface area (Å²) in [6, 6.07) is 4.84. The fraction of sp³-hybridized carbons (Fsp3) is 0.375. The smallest absolute Gasteiger partial charge is 0.277 e. The number of amides is 1. The van der Waals surface area contributed by atoms with Crippen LogP contribution in [0.15, 0.2) is 34.9 Å². The van der Waals surface area contributed by atoms with Gasteiger partial charge >= 0.3 is 0 Å². The number of rotatable bonds is 5. The highest BCUT2D eigenvalue weighted by molar-refractivity contribution is 6.35. The molecule has 1 atom stereocenters. The van der Waals surface area contributed by atoms with E-state index >= 15 is 0 Å². The molecule has 1 aromatic rings. The Bertz CT molecular complexity index is 600. The second kappa shape index (κ2) is 8.20.